The number of nitrogens with zero attached hydrogens (tertiary/aromatic N) is 2. The van der Waals surface area contributed by atoms with Crippen LogP contribution in [0.2, 0.25) is 0 Å². The maximum absolute atomic E-state index is 12.6. The van der Waals surface area contributed by atoms with Crippen molar-refractivity contribution in [2.75, 3.05) is 32.0 Å². The van der Waals surface area contributed by atoms with Crippen LogP contribution in [-0.2, 0) is 11.3 Å². The molecular formula is C15H23N3O2. The number of hydrogen-bond acceptors (Lipinski definition) is 3. The zero-order valence-electron chi connectivity index (χ0n) is 12.2. The Morgan fingerprint density at radius 2 is 2.00 bits per heavy atom. The molecule has 1 aliphatic heterocycles. The molecule has 0 atom stereocenters. The minimum Gasteiger partial charge on any atom is -0.398 e. The molecule has 1 aliphatic rings. The van der Waals surface area contributed by atoms with Crippen molar-refractivity contribution in [2.24, 2.45) is 0 Å². The average Bonchev–Trinajstić information content (AvgIpc) is 2.46. The summed E-state index contributed by atoms with van der Waals surface area (Å²) in [5.74, 6) is 0. The van der Waals surface area contributed by atoms with Crippen molar-refractivity contribution in [3.8, 4) is 0 Å². The molecule has 0 spiro atoms. The third-order valence-corrected chi connectivity index (χ3v) is 3.55. The van der Waals surface area contributed by atoms with E-state index >= 15 is 0 Å². The molecule has 110 valence electrons. The van der Waals surface area contributed by atoms with E-state index in [1.54, 1.807) is 0 Å². The molecule has 0 bridgehead atoms. The number of carbonyl (C=O) groups excluding carboxylic acids is 1. The molecule has 0 radical (unpaired) electrons. The number of hydrogen-bond donors (Lipinski definition) is 1. The van der Waals surface area contributed by atoms with Crippen molar-refractivity contribution in [3.63, 3.8) is 0 Å². The fraction of sp³-hybridized carbons (Fsp3) is 0.533. The van der Waals surface area contributed by atoms with Gasteiger partial charge in [-0.25, -0.2) is 4.79 Å². The zero-order valence-corrected chi connectivity index (χ0v) is 12.2. The van der Waals surface area contributed by atoms with Gasteiger partial charge >= 0.3 is 6.03 Å². The number of nitrogen functional groups attached to an aromatic ring is 1. The summed E-state index contributed by atoms with van der Waals surface area (Å²) in [5.41, 5.74) is 7.69. The molecule has 1 heterocycles. The van der Waals surface area contributed by atoms with E-state index in [0.717, 1.165) is 11.3 Å². The number of nitrogens with two attached hydrogens (primary N) is 1. The molecule has 1 aromatic rings. The summed E-state index contributed by atoms with van der Waals surface area (Å²) in [6, 6.07) is 7.88. The topological polar surface area (TPSA) is 58.8 Å². The van der Waals surface area contributed by atoms with E-state index in [1.807, 2.05) is 47.9 Å². The Kier molecular flexibility index (Phi) is 4.84. The van der Waals surface area contributed by atoms with E-state index < -0.39 is 0 Å². The summed E-state index contributed by atoms with van der Waals surface area (Å²) < 4.78 is 5.30. The molecule has 2 rings (SSSR count). The van der Waals surface area contributed by atoms with Crippen LogP contribution in [0.3, 0.4) is 0 Å². The molecule has 0 aromatic heterocycles. The highest BCUT2D eigenvalue weighted by atomic mass is 16.5. The first-order valence-electron chi connectivity index (χ1n) is 7.06. The number of morpholine rings is 1. The van der Waals surface area contributed by atoms with E-state index in [9.17, 15) is 4.79 Å². The van der Waals surface area contributed by atoms with Crippen LogP contribution < -0.4 is 5.73 Å². The summed E-state index contributed by atoms with van der Waals surface area (Å²) in [6.45, 7) is 7.14. The van der Waals surface area contributed by atoms with Crippen molar-refractivity contribution >= 4 is 11.7 Å². The third kappa shape index (κ3) is 3.42. The number of ether oxygens (including phenoxy) is 1. The highest BCUT2D eigenvalue weighted by Gasteiger charge is 2.25. The first-order chi connectivity index (χ1) is 9.59. The highest BCUT2D eigenvalue weighted by molar-refractivity contribution is 5.75. The van der Waals surface area contributed by atoms with Gasteiger partial charge < -0.3 is 20.3 Å². The van der Waals surface area contributed by atoms with Gasteiger partial charge in [-0.3, -0.25) is 0 Å². The number of amides is 2. The Morgan fingerprint density at radius 3 is 2.60 bits per heavy atom. The molecular weight excluding hydrogens is 254 g/mol. The zero-order chi connectivity index (χ0) is 14.5. The minimum absolute atomic E-state index is 0.0616. The van der Waals surface area contributed by atoms with Crippen molar-refractivity contribution in [1.82, 2.24) is 9.80 Å². The smallest absolute Gasteiger partial charge is 0.320 e. The third-order valence-electron chi connectivity index (χ3n) is 3.55. The number of anilines is 1. The van der Waals surface area contributed by atoms with Gasteiger partial charge in [-0.05, 0) is 25.5 Å². The Labute approximate surface area is 120 Å². The predicted octanol–water partition coefficient (Wildman–Crippen LogP) is 1.93. The number of carbonyl (C=O) groups is 1. The van der Waals surface area contributed by atoms with E-state index in [1.165, 1.54) is 0 Å². The summed E-state index contributed by atoms with van der Waals surface area (Å²) in [4.78, 5) is 16.3. The van der Waals surface area contributed by atoms with Crippen LogP contribution in [0.15, 0.2) is 24.3 Å². The summed E-state index contributed by atoms with van der Waals surface area (Å²) >= 11 is 0. The number of rotatable bonds is 3. The second-order valence-electron chi connectivity index (χ2n) is 5.30. The molecule has 1 saturated heterocycles. The van der Waals surface area contributed by atoms with Crippen LogP contribution in [0.1, 0.15) is 19.4 Å². The summed E-state index contributed by atoms with van der Waals surface area (Å²) in [7, 11) is 0. The van der Waals surface area contributed by atoms with Crippen LogP contribution in [0.25, 0.3) is 0 Å². The van der Waals surface area contributed by atoms with Gasteiger partial charge in [0.05, 0.1) is 13.2 Å². The van der Waals surface area contributed by atoms with Crippen molar-refractivity contribution in [1.29, 1.82) is 0 Å². The standard InChI is InChI=1S/C15H23N3O2/c1-12(2)18(11-13-5-3-4-6-14(13)16)15(19)17-7-9-20-10-8-17/h3-6,12H,7-11,16H2,1-2H3. The fourth-order valence-electron chi connectivity index (χ4n) is 2.27. The Balaban J connectivity index is 2.10. The van der Waals surface area contributed by atoms with Gasteiger partial charge in [-0.15, -0.1) is 0 Å². The van der Waals surface area contributed by atoms with E-state index in [0.29, 0.717) is 32.8 Å². The lowest BCUT2D eigenvalue weighted by molar-refractivity contribution is 0.0397. The summed E-state index contributed by atoms with van der Waals surface area (Å²) in [5, 5.41) is 0. The van der Waals surface area contributed by atoms with E-state index in [-0.39, 0.29) is 12.1 Å². The van der Waals surface area contributed by atoms with Gasteiger partial charge in [0.15, 0.2) is 0 Å². The number of urea groups is 1. The van der Waals surface area contributed by atoms with Crippen LogP contribution >= 0.6 is 0 Å². The first kappa shape index (κ1) is 14.7. The molecule has 5 nitrogen and oxygen atoms in total. The van der Waals surface area contributed by atoms with Gasteiger partial charge in [-0.1, -0.05) is 18.2 Å². The molecule has 0 aliphatic carbocycles. The van der Waals surface area contributed by atoms with Gasteiger partial charge in [0.1, 0.15) is 0 Å². The number of para-hydroxylation sites is 1. The lowest BCUT2D eigenvalue weighted by Gasteiger charge is -2.35. The van der Waals surface area contributed by atoms with Crippen molar-refractivity contribution < 1.29 is 9.53 Å². The second kappa shape index (κ2) is 6.61. The van der Waals surface area contributed by atoms with Gasteiger partial charge in [-0.2, -0.15) is 0 Å². The first-order valence-corrected chi connectivity index (χ1v) is 7.06. The van der Waals surface area contributed by atoms with Crippen LogP contribution in [0.5, 0.6) is 0 Å². The second-order valence-corrected chi connectivity index (χ2v) is 5.30. The molecule has 2 N–H and O–H groups in total. The molecule has 5 heteroatoms. The quantitative estimate of drug-likeness (QED) is 0.859. The van der Waals surface area contributed by atoms with Gasteiger partial charge in [0.2, 0.25) is 0 Å². The van der Waals surface area contributed by atoms with Gasteiger partial charge in [0, 0.05) is 31.4 Å². The largest absolute Gasteiger partial charge is 0.398 e. The van der Waals surface area contributed by atoms with Crippen molar-refractivity contribution in [3.05, 3.63) is 29.8 Å². The van der Waals surface area contributed by atoms with E-state index in [2.05, 4.69) is 0 Å². The van der Waals surface area contributed by atoms with Crippen LogP contribution in [0.4, 0.5) is 10.5 Å². The molecule has 20 heavy (non-hydrogen) atoms. The predicted molar refractivity (Wildman–Crippen MR) is 79.3 cm³/mol. The van der Waals surface area contributed by atoms with Gasteiger partial charge in [0.25, 0.3) is 0 Å². The monoisotopic (exact) mass is 277 g/mol. The molecule has 1 fully saturated rings. The maximum atomic E-state index is 12.6. The SMILES string of the molecule is CC(C)N(Cc1ccccc1N)C(=O)N1CCOCC1. The minimum atomic E-state index is 0.0616. The van der Waals surface area contributed by atoms with Crippen LogP contribution in [0, 0.1) is 0 Å². The molecule has 0 unspecified atom stereocenters. The van der Waals surface area contributed by atoms with E-state index in [4.69, 9.17) is 10.5 Å². The molecule has 2 amide bonds. The maximum Gasteiger partial charge on any atom is 0.320 e. The fourth-order valence-corrected chi connectivity index (χ4v) is 2.27. The number of benzene rings is 1. The highest BCUT2D eigenvalue weighted by Crippen LogP contribution is 2.17. The molecule has 0 saturated carbocycles. The molecule has 1 aromatic carbocycles. The Hall–Kier alpha value is -1.75. The van der Waals surface area contributed by atoms with Crippen molar-refractivity contribution in [2.45, 2.75) is 26.4 Å². The lowest BCUT2D eigenvalue weighted by atomic mass is 10.1. The Morgan fingerprint density at radius 1 is 1.35 bits per heavy atom. The Bertz CT molecular complexity index is 456. The summed E-state index contributed by atoms with van der Waals surface area (Å²) in [6.07, 6.45) is 0. The lowest BCUT2D eigenvalue weighted by Crippen LogP contribution is -2.50. The van der Waals surface area contributed by atoms with Crippen LogP contribution in [-0.4, -0.2) is 48.2 Å². The average molecular weight is 277 g/mol. The normalized spacial score (nSPS) is 15.4.